The Bertz CT molecular complexity index is 1750. The van der Waals surface area contributed by atoms with Crippen molar-refractivity contribution in [1.29, 1.82) is 0 Å². The number of carbonyl (C=O) groups is 4. The maximum Gasteiger partial charge on any atom is 0.308 e. The van der Waals surface area contributed by atoms with Crippen molar-refractivity contribution in [3.8, 4) is 5.75 Å². The van der Waals surface area contributed by atoms with Gasteiger partial charge in [-0.2, -0.15) is 0 Å². The SMILES string of the molecule is CC(=O)Oc1ccc(N2C(=O)[C@@H]3C(Cc4c[nH]c5ccccc45)NC4(C(=O)Nc5ccc(Cl)cc54)[C@@H]3C2=O)cc1. The number of para-hydroxylation sites is 1. The number of carbonyl (C=O) groups excluding carboxylic acids is 4. The number of benzene rings is 3. The highest BCUT2D eigenvalue weighted by molar-refractivity contribution is 6.31. The number of aromatic nitrogens is 1. The number of nitrogens with one attached hydrogen (secondary N) is 3. The first kappa shape index (κ1) is 24.6. The van der Waals surface area contributed by atoms with Gasteiger partial charge in [-0.25, -0.2) is 4.90 Å². The number of nitrogens with zero attached hydrogens (tertiary/aromatic N) is 1. The molecule has 0 bridgehead atoms. The summed E-state index contributed by atoms with van der Waals surface area (Å²) in [7, 11) is 0. The largest absolute Gasteiger partial charge is 0.427 e. The molecule has 9 nitrogen and oxygen atoms in total. The molecule has 1 spiro atoms. The van der Waals surface area contributed by atoms with Gasteiger partial charge in [-0.05, 0) is 60.5 Å². The Labute approximate surface area is 233 Å². The molecule has 3 aromatic carbocycles. The lowest BCUT2D eigenvalue weighted by Crippen LogP contribution is -2.53. The van der Waals surface area contributed by atoms with E-state index < -0.39 is 47.1 Å². The van der Waals surface area contributed by atoms with E-state index in [1.165, 1.54) is 19.1 Å². The zero-order chi connectivity index (χ0) is 27.8. The Morgan fingerprint density at radius 3 is 2.58 bits per heavy atom. The van der Waals surface area contributed by atoms with Crippen molar-refractivity contribution < 1.29 is 23.9 Å². The first-order valence-electron chi connectivity index (χ1n) is 12.9. The Kier molecular flexibility index (Phi) is 5.39. The Morgan fingerprint density at radius 1 is 1.02 bits per heavy atom. The van der Waals surface area contributed by atoms with E-state index in [1.54, 1.807) is 30.3 Å². The third-order valence-corrected chi connectivity index (χ3v) is 8.38. The molecular weight excluding hydrogens is 532 g/mol. The van der Waals surface area contributed by atoms with E-state index in [9.17, 15) is 19.2 Å². The third kappa shape index (κ3) is 3.44. The predicted molar refractivity (Wildman–Crippen MR) is 148 cm³/mol. The van der Waals surface area contributed by atoms with E-state index in [2.05, 4.69) is 15.6 Å². The molecule has 3 aliphatic rings. The molecule has 0 aliphatic carbocycles. The van der Waals surface area contributed by atoms with Gasteiger partial charge in [0, 0.05) is 46.3 Å². The Balaban J connectivity index is 1.34. The van der Waals surface area contributed by atoms with Crippen molar-refractivity contribution in [3.63, 3.8) is 0 Å². The van der Waals surface area contributed by atoms with Gasteiger partial charge in [-0.1, -0.05) is 29.8 Å². The zero-order valence-corrected chi connectivity index (χ0v) is 22.0. The lowest BCUT2D eigenvalue weighted by molar-refractivity contribution is -0.132. The van der Waals surface area contributed by atoms with Crippen LogP contribution in [0.25, 0.3) is 10.9 Å². The van der Waals surface area contributed by atoms with E-state index in [4.69, 9.17) is 16.3 Å². The smallest absolute Gasteiger partial charge is 0.308 e. The highest BCUT2D eigenvalue weighted by Crippen LogP contribution is 2.54. The van der Waals surface area contributed by atoms with Crippen LogP contribution in [0.3, 0.4) is 0 Å². The van der Waals surface area contributed by atoms with Gasteiger partial charge < -0.3 is 15.0 Å². The van der Waals surface area contributed by atoms with E-state index in [0.717, 1.165) is 21.4 Å². The van der Waals surface area contributed by atoms with Crippen LogP contribution in [-0.4, -0.2) is 34.7 Å². The van der Waals surface area contributed by atoms with E-state index in [1.807, 2.05) is 30.5 Å². The minimum absolute atomic E-state index is 0.296. The molecule has 40 heavy (non-hydrogen) atoms. The van der Waals surface area contributed by atoms with Gasteiger partial charge in [-0.15, -0.1) is 0 Å². The summed E-state index contributed by atoms with van der Waals surface area (Å²) in [6.45, 7) is 1.29. The normalized spacial score (nSPS) is 25.0. The van der Waals surface area contributed by atoms with Crippen molar-refractivity contribution in [2.75, 3.05) is 10.2 Å². The standard InChI is InChI=1S/C30H23ClN4O5/c1-15(36)40-19-9-7-18(8-10-19)35-27(37)25-24(12-16-14-32-22-5-3-2-4-20(16)22)34-30(26(25)28(35)38)21-13-17(31)6-11-23(21)33-29(30)39/h2-11,13-14,24-26,32,34H,12H2,1H3,(H,33,39)/t24?,25-,26+,30?/m1/s1. The molecule has 200 valence electrons. The molecule has 0 saturated carbocycles. The fourth-order valence-corrected chi connectivity index (χ4v) is 6.74. The molecular formula is C30H23ClN4O5. The summed E-state index contributed by atoms with van der Waals surface area (Å²) in [4.78, 5) is 57.8. The fraction of sp³-hybridized carbons (Fsp3) is 0.200. The summed E-state index contributed by atoms with van der Waals surface area (Å²) in [5.74, 6) is -3.26. The molecule has 4 aromatic rings. The molecule has 3 aliphatic heterocycles. The number of H-pyrrole nitrogens is 1. The maximum atomic E-state index is 14.2. The molecule has 7 rings (SSSR count). The van der Waals surface area contributed by atoms with Crippen LogP contribution < -0.4 is 20.3 Å². The summed E-state index contributed by atoms with van der Waals surface area (Å²) in [5, 5.41) is 7.78. The number of aromatic amines is 1. The average molecular weight is 555 g/mol. The highest BCUT2D eigenvalue weighted by atomic mass is 35.5. The number of ether oxygens (including phenoxy) is 1. The summed E-state index contributed by atoms with van der Waals surface area (Å²) < 4.78 is 5.11. The number of amides is 3. The molecule has 2 saturated heterocycles. The van der Waals surface area contributed by atoms with Crippen molar-refractivity contribution in [2.24, 2.45) is 11.8 Å². The summed E-state index contributed by atoms with van der Waals surface area (Å²) in [6.07, 6.45) is 2.31. The fourth-order valence-electron chi connectivity index (χ4n) is 6.57. The highest BCUT2D eigenvalue weighted by Gasteiger charge is 2.70. The maximum absolute atomic E-state index is 14.2. The Hall–Kier alpha value is -4.47. The van der Waals surface area contributed by atoms with Gasteiger partial charge in [-0.3, -0.25) is 24.5 Å². The number of imide groups is 1. The molecule has 2 fully saturated rings. The third-order valence-electron chi connectivity index (χ3n) is 8.15. The molecule has 1 aromatic heterocycles. The van der Waals surface area contributed by atoms with Crippen LogP contribution in [0.2, 0.25) is 5.02 Å². The molecule has 0 radical (unpaired) electrons. The second-order valence-electron chi connectivity index (χ2n) is 10.4. The van der Waals surface area contributed by atoms with Gasteiger partial charge in [0.1, 0.15) is 11.3 Å². The number of hydrogen-bond acceptors (Lipinski definition) is 6. The van der Waals surface area contributed by atoms with Crippen LogP contribution >= 0.6 is 11.6 Å². The van der Waals surface area contributed by atoms with Crippen LogP contribution in [0.15, 0.2) is 72.9 Å². The van der Waals surface area contributed by atoms with Gasteiger partial charge in [0.2, 0.25) is 17.7 Å². The Morgan fingerprint density at radius 2 is 1.80 bits per heavy atom. The van der Waals surface area contributed by atoms with Gasteiger partial charge in [0.15, 0.2) is 0 Å². The molecule has 4 atom stereocenters. The predicted octanol–water partition coefficient (Wildman–Crippen LogP) is 3.91. The average Bonchev–Trinajstić information content (AvgIpc) is 3.64. The van der Waals surface area contributed by atoms with Gasteiger partial charge >= 0.3 is 5.97 Å². The second-order valence-corrected chi connectivity index (χ2v) is 10.8. The summed E-state index contributed by atoms with van der Waals surface area (Å²) in [5.41, 5.74) is 1.90. The van der Waals surface area contributed by atoms with Crippen LogP contribution in [0.5, 0.6) is 5.75 Å². The van der Waals surface area contributed by atoms with E-state index in [0.29, 0.717) is 34.1 Å². The first-order chi connectivity index (χ1) is 19.3. The molecule has 10 heteroatoms. The number of esters is 1. The number of anilines is 2. The van der Waals surface area contributed by atoms with E-state index in [-0.39, 0.29) is 0 Å². The van der Waals surface area contributed by atoms with Crippen LogP contribution in [0.1, 0.15) is 18.1 Å². The lowest BCUT2D eigenvalue weighted by atomic mass is 9.76. The minimum Gasteiger partial charge on any atom is -0.427 e. The molecule has 4 heterocycles. The van der Waals surface area contributed by atoms with Crippen molar-refractivity contribution >= 4 is 57.6 Å². The van der Waals surface area contributed by atoms with Crippen LogP contribution in [0, 0.1) is 11.8 Å². The lowest BCUT2D eigenvalue weighted by Gasteiger charge is -2.29. The second kappa shape index (κ2) is 8.77. The van der Waals surface area contributed by atoms with Crippen LogP contribution in [0.4, 0.5) is 11.4 Å². The summed E-state index contributed by atoms with van der Waals surface area (Å²) >= 11 is 6.36. The monoisotopic (exact) mass is 554 g/mol. The van der Waals surface area contributed by atoms with Crippen molar-refractivity contribution in [1.82, 2.24) is 10.3 Å². The number of hydrogen-bond donors (Lipinski definition) is 3. The van der Waals surface area contributed by atoms with Gasteiger partial charge in [0.05, 0.1) is 17.5 Å². The van der Waals surface area contributed by atoms with Crippen LogP contribution in [-0.2, 0) is 31.1 Å². The van der Waals surface area contributed by atoms with Crippen molar-refractivity contribution in [2.45, 2.75) is 24.9 Å². The van der Waals surface area contributed by atoms with Gasteiger partial charge in [0.25, 0.3) is 0 Å². The molecule has 3 N–H and O–H groups in total. The zero-order valence-electron chi connectivity index (χ0n) is 21.2. The topological polar surface area (TPSA) is 121 Å². The van der Waals surface area contributed by atoms with Crippen molar-refractivity contribution in [3.05, 3.63) is 89.1 Å². The number of rotatable bonds is 4. The molecule has 2 unspecified atom stereocenters. The number of halogens is 1. The minimum atomic E-state index is -1.47. The van der Waals surface area contributed by atoms with E-state index >= 15 is 0 Å². The summed E-state index contributed by atoms with van der Waals surface area (Å²) in [6, 6.07) is 18.6. The quantitative estimate of drug-likeness (QED) is 0.200. The number of fused-ring (bicyclic) bond motifs is 5. The molecule has 3 amide bonds. The first-order valence-corrected chi connectivity index (χ1v) is 13.3.